The number of rotatable bonds is 3. The molecule has 1 aromatic heterocycles. The van der Waals surface area contributed by atoms with E-state index in [0.717, 1.165) is 16.2 Å². The number of nitrogen functional groups attached to an aromatic ring is 1. The topological polar surface area (TPSA) is 39.2 Å². The Morgan fingerprint density at radius 2 is 2.20 bits per heavy atom. The highest BCUT2D eigenvalue weighted by Crippen LogP contribution is 2.28. The molecule has 1 aromatic carbocycles. The van der Waals surface area contributed by atoms with Crippen LogP contribution in [-0.4, -0.2) is 0 Å². The summed E-state index contributed by atoms with van der Waals surface area (Å²) in [6.45, 7) is 0. The summed E-state index contributed by atoms with van der Waals surface area (Å²) in [6, 6.07) is 6.26. The Labute approximate surface area is 91.3 Å². The quantitative estimate of drug-likeness (QED) is 0.641. The number of thioether (sulfide) groups is 1. The van der Waals surface area contributed by atoms with E-state index in [4.69, 9.17) is 10.2 Å². The number of anilines is 1. The summed E-state index contributed by atoms with van der Waals surface area (Å²) in [5, 5.41) is 0. The van der Waals surface area contributed by atoms with Gasteiger partial charge >= 0.3 is 0 Å². The van der Waals surface area contributed by atoms with Crippen LogP contribution < -0.4 is 5.73 Å². The fraction of sp³-hybridized carbons (Fsp3) is 0.0909. The lowest BCUT2D eigenvalue weighted by molar-refractivity contribution is 0.565. The van der Waals surface area contributed by atoms with Crippen LogP contribution in [0, 0.1) is 5.82 Å². The van der Waals surface area contributed by atoms with Gasteiger partial charge in [0.1, 0.15) is 5.82 Å². The van der Waals surface area contributed by atoms with E-state index in [2.05, 4.69) is 0 Å². The van der Waals surface area contributed by atoms with Crippen molar-refractivity contribution in [2.24, 2.45) is 0 Å². The number of nitrogens with two attached hydrogens (primary N) is 1. The smallest absolute Gasteiger partial charge is 0.124 e. The Morgan fingerprint density at radius 3 is 2.93 bits per heavy atom. The van der Waals surface area contributed by atoms with Crippen molar-refractivity contribution < 1.29 is 8.81 Å². The van der Waals surface area contributed by atoms with Gasteiger partial charge in [0.2, 0.25) is 0 Å². The molecule has 2 aromatic rings. The maximum atomic E-state index is 12.9. The first kappa shape index (κ1) is 10.1. The summed E-state index contributed by atoms with van der Waals surface area (Å²) in [6.07, 6.45) is 3.29. The second kappa shape index (κ2) is 4.40. The molecule has 4 heteroatoms. The van der Waals surface area contributed by atoms with Gasteiger partial charge in [-0.2, -0.15) is 0 Å². The third-order valence-corrected chi connectivity index (χ3v) is 3.09. The van der Waals surface area contributed by atoms with Crippen LogP contribution in [0.3, 0.4) is 0 Å². The molecular weight excluding hydrogens is 213 g/mol. The number of hydrogen-bond donors (Lipinski definition) is 1. The standard InChI is InChI=1S/C11H10FNOS/c12-9-1-2-10(13)11(5-9)15-7-8-3-4-14-6-8/h1-6H,7,13H2. The van der Waals surface area contributed by atoms with E-state index >= 15 is 0 Å². The van der Waals surface area contributed by atoms with Crippen molar-refractivity contribution in [3.05, 3.63) is 48.2 Å². The molecule has 2 nitrogen and oxygen atoms in total. The van der Waals surface area contributed by atoms with E-state index in [1.807, 2.05) is 6.07 Å². The van der Waals surface area contributed by atoms with Crippen LogP contribution in [0.5, 0.6) is 0 Å². The normalized spacial score (nSPS) is 10.5. The zero-order valence-corrected chi connectivity index (χ0v) is 8.76. The zero-order valence-electron chi connectivity index (χ0n) is 7.94. The second-order valence-corrected chi connectivity index (χ2v) is 4.12. The molecular formula is C11H10FNOS. The van der Waals surface area contributed by atoms with E-state index in [1.54, 1.807) is 18.6 Å². The third-order valence-electron chi connectivity index (χ3n) is 1.95. The predicted molar refractivity (Wildman–Crippen MR) is 59.1 cm³/mol. The highest BCUT2D eigenvalue weighted by Gasteiger charge is 2.03. The summed E-state index contributed by atoms with van der Waals surface area (Å²) in [7, 11) is 0. The molecule has 1 heterocycles. The molecule has 0 saturated heterocycles. The van der Waals surface area contributed by atoms with Gasteiger partial charge in [0.25, 0.3) is 0 Å². The Hall–Kier alpha value is -1.42. The molecule has 0 spiro atoms. The first-order valence-electron chi connectivity index (χ1n) is 4.44. The SMILES string of the molecule is Nc1ccc(F)cc1SCc1ccoc1. The van der Waals surface area contributed by atoms with Crippen molar-refractivity contribution in [1.29, 1.82) is 0 Å². The van der Waals surface area contributed by atoms with Gasteiger partial charge in [-0.25, -0.2) is 4.39 Å². The number of benzene rings is 1. The summed E-state index contributed by atoms with van der Waals surface area (Å²) < 4.78 is 17.9. The largest absolute Gasteiger partial charge is 0.472 e. The fourth-order valence-electron chi connectivity index (χ4n) is 1.17. The lowest BCUT2D eigenvalue weighted by Crippen LogP contribution is -1.89. The molecule has 0 aliphatic carbocycles. The van der Waals surface area contributed by atoms with Gasteiger partial charge in [-0.3, -0.25) is 0 Å². The summed E-state index contributed by atoms with van der Waals surface area (Å²) in [5.74, 6) is 0.461. The lowest BCUT2D eigenvalue weighted by atomic mass is 10.3. The van der Waals surface area contributed by atoms with Gasteiger partial charge < -0.3 is 10.2 Å². The van der Waals surface area contributed by atoms with Gasteiger partial charge in [0.05, 0.1) is 12.5 Å². The molecule has 0 radical (unpaired) electrons. The first-order chi connectivity index (χ1) is 7.25. The highest BCUT2D eigenvalue weighted by atomic mass is 32.2. The van der Waals surface area contributed by atoms with Gasteiger partial charge in [-0.05, 0) is 24.3 Å². The monoisotopic (exact) mass is 223 g/mol. The predicted octanol–water partition coefficient (Wildman–Crippen LogP) is 3.29. The van der Waals surface area contributed by atoms with Crippen LogP contribution in [0.2, 0.25) is 0 Å². The average molecular weight is 223 g/mol. The maximum absolute atomic E-state index is 12.9. The highest BCUT2D eigenvalue weighted by molar-refractivity contribution is 7.98. The molecule has 0 fully saturated rings. The number of hydrogen-bond acceptors (Lipinski definition) is 3. The van der Waals surface area contributed by atoms with Crippen molar-refractivity contribution in [3.8, 4) is 0 Å². The van der Waals surface area contributed by atoms with Gasteiger partial charge in [-0.15, -0.1) is 11.8 Å². The Balaban J connectivity index is 2.07. The minimum atomic E-state index is -0.265. The van der Waals surface area contributed by atoms with Crippen LogP contribution >= 0.6 is 11.8 Å². The Kier molecular flexibility index (Phi) is 2.97. The summed E-state index contributed by atoms with van der Waals surface area (Å²) in [5.41, 5.74) is 7.38. The second-order valence-electron chi connectivity index (χ2n) is 3.10. The van der Waals surface area contributed by atoms with Gasteiger partial charge in [0, 0.05) is 21.9 Å². The van der Waals surface area contributed by atoms with Crippen molar-refractivity contribution in [2.75, 3.05) is 5.73 Å². The van der Waals surface area contributed by atoms with E-state index in [9.17, 15) is 4.39 Å². The van der Waals surface area contributed by atoms with Crippen LogP contribution in [-0.2, 0) is 5.75 Å². The molecule has 0 aliphatic heterocycles. The van der Waals surface area contributed by atoms with E-state index in [0.29, 0.717) is 5.69 Å². The molecule has 0 atom stereocenters. The Bertz CT molecular complexity index is 442. The summed E-state index contributed by atoms with van der Waals surface area (Å²) in [4.78, 5) is 0.760. The molecule has 0 saturated carbocycles. The average Bonchev–Trinajstić information content (AvgIpc) is 2.72. The minimum absolute atomic E-state index is 0.265. The van der Waals surface area contributed by atoms with Gasteiger partial charge in [0.15, 0.2) is 0 Å². The molecule has 0 bridgehead atoms. The van der Waals surface area contributed by atoms with Crippen LogP contribution in [0.4, 0.5) is 10.1 Å². The molecule has 0 amide bonds. The van der Waals surface area contributed by atoms with E-state index in [1.165, 1.54) is 23.9 Å². The molecule has 78 valence electrons. The van der Waals surface area contributed by atoms with Gasteiger partial charge in [-0.1, -0.05) is 0 Å². The fourth-order valence-corrected chi connectivity index (χ4v) is 2.09. The minimum Gasteiger partial charge on any atom is -0.472 e. The molecule has 0 aliphatic rings. The first-order valence-corrected chi connectivity index (χ1v) is 5.43. The third kappa shape index (κ3) is 2.53. The van der Waals surface area contributed by atoms with E-state index < -0.39 is 0 Å². The Morgan fingerprint density at radius 1 is 1.33 bits per heavy atom. The van der Waals surface area contributed by atoms with Crippen molar-refractivity contribution >= 4 is 17.4 Å². The van der Waals surface area contributed by atoms with Crippen LogP contribution in [0.1, 0.15) is 5.56 Å². The maximum Gasteiger partial charge on any atom is 0.124 e. The molecule has 15 heavy (non-hydrogen) atoms. The zero-order chi connectivity index (χ0) is 10.7. The molecule has 0 unspecified atom stereocenters. The number of furan rings is 1. The van der Waals surface area contributed by atoms with Crippen molar-refractivity contribution in [1.82, 2.24) is 0 Å². The number of halogens is 1. The lowest BCUT2D eigenvalue weighted by Gasteiger charge is -2.03. The molecule has 2 rings (SSSR count). The molecule has 2 N–H and O–H groups in total. The van der Waals surface area contributed by atoms with Crippen LogP contribution in [0.25, 0.3) is 0 Å². The van der Waals surface area contributed by atoms with E-state index in [-0.39, 0.29) is 5.82 Å². The van der Waals surface area contributed by atoms with Crippen molar-refractivity contribution in [3.63, 3.8) is 0 Å². The summed E-state index contributed by atoms with van der Waals surface area (Å²) >= 11 is 1.49. The van der Waals surface area contributed by atoms with Crippen LogP contribution in [0.15, 0.2) is 46.1 Å². The van der Waals surface area contributed by atoms with Crippen molar-refractivity contribution in [2.45, 2.75) is 10.6 Å².